The number of ether oxygens (including phenoxy) is 1. The van der Waals surface area contributed by atoms with Crippen LogP contribution in [-0.4, -0.2) is 31.2 Å². The molecular weight excluding hydrogens is 154 g/mol. The lowest BCUT2D eigenvalue weighted by atomic mass is 10.2. The summed E-state index contributed by atoms with van der Waals surface area (Å²) >= 11 is 0. The molecule has 0 unspecified atom stereocenters. The van der Waals surface area contributed by atoms with Gasteiger partial charge in [-0.2, -0.15) is 0 Å². The van der Waals surface area contributed by atoms with Crippen LogP contribution in [0.15, 0.2) is 0 Å². The number of nitrogens with zero attached hydrogens (tertiary/aromatic N) is 1. The largest absolute Gasteiger partial charge is 0.449 e. The molecular formula is C9H19NO2. The van der Waals surface area contributed by atoms with Crippen LogP contribution >= 0.6 is 0 Å². The van der Waals surface area contributed by atoms with Crippen molar-refractivity contribution >= 4 is 6.09 Å². The highest BCUT2D eigenvalue weighted by Gasteiger charge is 2.09. The Morgan fingerprint density at radius 3 is 2.50 bits per heavy atom. The minimum absolute atomic E-state index is 0.217. The van der Waals surface area contributed by atoms with Crippen LogP contribution in [0, 0.1) is 5.92 Å². The van der Waals surface area contributed by atoms with Crippen LogP contribution in [-0.2, 0) is 4.74 Å². The highest BCUT2D eigenvalue weighted by atomic mass is 16.6. The summed E-state index contributed by atoms with van der Waals surface area (Å²) in [6.07, 6.45) is 0.659. The molecule has 0 fully saturated rings. The second kappa shape index (κ2) is 5.86. The maximum Gasteiger partial charge on any atom is 0.409 e. The van der Waals surface area contributed by atoms with Crippen LogP contribution in [0.5, 0.6) is 0 Å². The van der Waals surface area contributed by atoms with Gasteiger partial charge in [-0.05, 0) is 12.3 Å². The van der Waals surface area contributed by atoms with Gasteiger partial charge in [0.05, 0.1) is 6.61 Å². The molecule has 0 aliphatic carbocycles. The molecule has 0 heterocycles. The quantitative estimate of drug-likeness (QED) is 0.651. The van der Waals surface area contributed by atoms with Crippen LogP contribution in [0.3, 0.4) is 0 Å². The predicted molar refractivity (Wildman–Crippen MR) is 49.1 cm³/mol. The first-order chi connectivity index (χ1) is 5.57. The Morgan fingerprint density at radius 1 is 1.50 bits per heavy atom. The highest BCUT2D eigenvalue weighted by Crippen LogP contribution is 1.98. The van der Waals surface area contributed by atoms with Crippen molar-refractivity contribution < 1.29 is 9.53 Å². The predicted octanol–water partition coefficient (Wildman–Crippen LogP) is 2.12. The molecule has 1 amide bonds. The van der Waals surface area contributed by atoms with Crippen LogP contribution in [0.25, 0.3) is 0 Å². The molecule has 12 heavy (non-hydrogen) atoms. The van der Waals surface area contributed by atoms with Gasteiger partial charge >= 0.3 is 6.09 Å². The molecule has 0 saturated carbocycles. The number of rotatable bonds is 4. The van der Waals surface area contributed by atoms with E-state index in [9.17, 15) is 4.79 Å². The summed E-state index contributed by atoms with van der Waals surface area (Å²) in [6.45, 7) is 7.40. The summed E-state index contributed by atoms with van der Waals surface area (Å²) in [6, 6.07) is 0. The fraction of sp³-hybridized carbons (Fsp3) is 0.889. The summed E-state index contributed by atoms with van der Waals surface area (Å²) in [7, 11) is 1.76. The van der Waals surface area contributed by atoms with Gasteiger partial charge in [0, 0.05) is 13.6 Å². The second-order valence-electron chi connectivity index (χ2n) is 3.39. The van der Waals surface area contributed by atoms with Crippen molar-refractivity contribution in [2.24, 2.45) is 5.92 Å². The molecule has 0 aliphatic heterocycles. The maximum absolute atomic E-state index is 11.1. The molecule has 3 heteroatoms. The minimum atomic E-state index is -0.217. The third-order valence-electron chi connectivity index (χ3n) is 1.38. The molecule has 0 aromatic carbocycles. The number of amides is 1. The fourth-order valence-electron chi connectivity index (χ4n) is 0.922. The number of carbonyl (C=O) groups excluding carboxylic acids is 1. The SMILES string of the molecule is CCCOC(=O)N(C)CC(C)C. The molecule has 0 radical (unpaired) electrons. The molecule has 0 aliphatic rings. The van der Waals surface area contributed by atoms with Crippen molar-refractivity contribution in [3.63, 3.8) is 0 Å². The van der Waals surface area contributed by atoms with E-state index in [1.165, 1.54) is 0 Å². The number of hydrogen-bond acceptors (Lipinski definition) is 2. The van der Waals surface area contributed by atoms with E-state index < -0.39 is 0 Å². The lowest BCUT2D eigenvalue weighted by molar-refractivity contribution is 0.107. The average molecular weight is 173 g/mol. The topological polar surface area (TPSA) is 29.5 Å². The summed E-state index contributed by atoms with van der Waals surface area (Å²) in [5.74, 6) is 0.490. The Kier molecular flexibility index (Phi) is 5.51. The minimum Gasteiger partial charge on any atom is -0.449 e. The van der Waals surface area contributed by atoms with Crippen molar-refractivity contribution in [1.82, 2.24) is 4.90 Å². The zero-order valence-corrected chi connectivity index (χ0v) is 8.46. The lowest BCUT2D eigenvalue weighted by Gasteiger charge is -2.18. The first kappa shape index (κ1) is 11.3. The summed E-state index contributed by atoms with van der Waals surface area (Å²) < 4.78 is 4.94. The van der Waals surface area contributed by atoms with Gasteiger partial charge in [0.2, 0.25) is 0 Å². The van der Waals surface area contributed by atoms with E-state index in [4.69, 9.17) is 4.74 Å². The van der Waals surface area contributed by atoms with Crippen LogP contribution in [0.4, 0.5) is 4.79 Å². The Bertz CT molecular complexity index is 134. The van der Waals surface area contributed by atoms with E-state index >= 15 is 0 Å². The molecule has 0 aromatic rings. The van der Waals surface area contributed by atoms with Gasteiger partial charge in [0.1, 0.15) is 0 Å². The Hall–Kier alpha value is -0.730. The normalized spacial score (nSPS) is 10.1. The molecule has 72 valence electrons. The highest BCUT2D eigenvalue weighted by molar-refractivity contribution is 5.67. The van der Waals surface area contributed by atoms with Gasteiger partial charge in [-0.3, -0.25) is 0 Å². The van der Waals surface area contributed by atoms with E-state index in [0.717, 1.165) is 13.0 Å². The van der Waals surface area contributed by atoms with E-state index in [1.54, 1.807) is 11.9 Å². The van der Waals surface area contributed by atoms with Gasteiger partial charge in [0.15, 0.2) is 0 Å². The number of carbonyl (C=O) groups is 1. The first-order valence-corrected chi connectivity index (χ1v) is 4.45. The van der Waals surface area contributed by atoms with Gasteiger partial charge < -0.3 is 9.64 Å². The van der Waals surface area contributed by atoms with Crippen molar-refractivity contribution in [3.05, 3.63) is 0 Å². The zero-order valence-electron chi connectivity index (χ0n) is 8.46. The lowest BCUT2D eigenvalue weighted by Crippen LogP contribution is -2.30. The third-order valence-corrected chi connectivity index (χ3v) is 1.38. The zero-order chi connectivity index (χ0) is 9.56. The van der Waals surface area contributed by atoms with Crippen molar-refractivity contribution in [2.75, 3.05) is 20.2 Å². The Morgan fingerprint density at radius 2 is 2.08 bits per heavy atom. The fourth-order valence-corrected chi connectivity index (χ4v) is 0.922. The maximum atomic E-state index is 11.1. The average Bonchev–Trinajstić information content (AvgIpc) is 1.98. The summed E-state index contributed by atoms with van der Waals surface area (Å²) in [5.41, 5.74) is 0. The molecule has 0 saturated heterocycles. The van der Waals surface area contributed by atoms with Crippen LogP contribution in [0.2, 0.25) is 0 Å². The molecule has 0 atom stereocenters. The molecule has 0 rings (SSSR count). The standard InChI is InChI=1S/C9H19NO2/c1-5-6-12-9(11)10(4)7-8(2)3/h8H,5-7H2,1-4H3. The van der Waals surface area contributed by atoms with Gasteiger partial charge in [-0.1, -0.05) is 20.8 Å². The van der Waals surface area contributed by atoms with E-state index in [0.29, 0.717) is 12.5 Å². The van der Waals surface area contributed by atoms with E-state index in [2.05, 4.69) is 13.8 Å². The van der Waals surface area contributed by atoms with Gasteiger partial charge in [-0.15, -0.1) is 0 Å². The molecule has 0 N–H and O–H groups in total. The molecule has 0 bridgehead atoms. The molecule has 0 aromatic heterocycles. The summed E-state index contributed by atoms with van der Waals surface area (Å²) in [4.78, 5) is 12.8. The Balaban J connectivity index is 3.61. The van der Waals surface area contributed by atoms with E-state index in [-0.39, 0.29) is 6.09 Å². The number of hydrogen-bond donors (Lipinski definition) is 0. The third kappa shape index (κ3) is 4.99. The molecule has 0 spiro atoms. The molecule has 3 nitrogen and oxygen atoms in total. The smallest absolute Gasteiger partial charge is 0.409 e. The van der Waals surface area contributed by atoms with Gasteiger partial charge in [0.25, 0.3) is 0 Å². The first-order valence-electron chi connectivity index (χ1n) is 4.45. The van der Waals surface area contributed by atoms with Crippen LogP contribution < -0.4 is 0 Å². The van der Waals surface area contributed by atoms with Gasteiger partial charge in [-0.25, -0.2) is 4.79 Å². The van der Waals surface area contributed by atoms with Crippen LogP contribution in [0.1, 0.15) is 27.2 Å². The van der Waals surface area contributed by atoms with Crippen molar-refractivity contribution in [1.29, 1.82) is 0 Å². The van der Waals surface area contributed by atoms with E-state index in [1.807, 2.05) is 6.92 Å². The Labute approximate surface area is 74.7 Å². The second-order valence-corrected chi connectivity index (χ2v) is 3.39. The summed E-state index contributed by atoms with van der Waals surface area (Å²) in [5, 5.41) is 0. The monoisotopic (exact) mass is 173 g/mol. The van der Waals surface area contributed by atoms with Crippen molar-refractivity contribution in [3.8, 4) is 0 Å². The van der Waals surface area contributed by atoms with Crippen molar-refractivity contribution in [2.45, 2.75) is 27.2 Å².